The predicted molar refractivity (Wildman–Crippen MR) is 33.3 cm³/mol. The first-order valence-corrected chi connectivity index (χ1v) is 2.69. The number of hydrogen-bond acceptors (Lipinski definition) is 2. The molecular weight excluding hydrogens is 138 g/mol. The van der Waals surface area contributed by atoms with E-state index >= 15 is 0 Å². The molecule has 0 aromatic carbocycles. The summed E-state index contributed by atoms with van der Waals surface area (Å²) < 4.78 is 24.9. The van der Waals surface area contributed by atoms with Crippen LogP contribution in [0.1, 0.15) is 5.69 Å². The minimum atomic E-state index is -0.817. The van der Waals surface area contributed by atoms with Gasteiger partial charge in [-0.3, -0.25) is 4.98 Å². The van der Waals surface area contributed by atoms with E-state index in [0.717, 1.165) is 6.20 Å². The molecule has 0 fully saturated rings. The number of hydrogen-bond donors (Lipinski definition) is 1. The Balaban J connectivity index is 3.34. The van der Waals surface area contributed by atoms with Crippen LogP contribution in [0.5, 0.6) is 0 Å². The minimum Gasteiger partial charge on any atom is -0.394 e. The standard InChI is InChI=1S/C6H6F2N2/c1-3-5(8)6(9)4(7)2-10-3/h2H,1H3,(H2,9,10). The molecule has 2 nitrogen and oxygen atoms in total. The van der Waals surface area contributed by atoms with Crippen LogP contribution in [0.2, 0.25) is 0 Å². The molecule has 0 radical (unpaired) electrons. The smallest absolute Gasteiger partial charge is 0.170 e. The van der Waals surface area contributed by atoms with Crippen LogP contribution in [0.15, 0.2) is 6.20 Å². The fraction of sp³-hybridized carbons (Fsp3) is 0.167. The van der Waals surface area contributed by atoms with Crippen molar-refractivity contribution < 1.29 is 8.78 Å². The lowest BCUT2D eigenvalue weighted by molar-refractivity contribution is 0.573. The fourth-order valence-electron chi connectivity index (χ4n) is 0.579. The Morgan fingerprint density at radius 3 is 2.60 bits per heavy atom. The molecule has 0 saturated heterocycles. The zero-order chi connectivity index (χ0) is 7.72. The Labute approximate surface area is 56.7 Å². The molecule has 0 saturated carbocycles. The van der Waals surface area contributed by atoms with Crippen LogP contribution in [0.4, 0.5) is 14.5 Å². The van der Waals surface area contributed by atoms with Gasteiger partial charge >= 0.3 is 0 Å². The van der Waals surface area contributed by atoms with Gasteiger partial charge in [-0.15, -0.1) is 0 Å². The quantitative estimate of drug-likeness (QED) is 0.595. The number of nitrogen functional groups attached to an aromatic ring is 1. The maximum Gasteiger partial charge on any atom is 0.170 e. The van der Waals surface area contributed by atoms with E-state index in [9.17, 15) is 8.78 Å². The van der Waals surface area contributed by atoms with Crippen LogP contribution in [0.3, 0.4) is 0 Å². The Kier molecular flexibility index (Phi) is 1.53. The van der Waals surface area contributed by atoms with Crippen molar-refractivity contribution in [2.45, 2.75) is 6.92 Å². The van der Waals surface area contributed by atoms with Gasteiger partial charge < -0.3 is 5.73 Å². The first kappa shape index (κ1) is 6.92. The molecule has 1 heterocycles. The van der Waals surface area contributed by atoms with Gasteiger partial charge in [0.25, 0.3) is 0 Å². The molecule has 0 spiro atoms. The van der Waals surface area contributed by atoms with Gasteiger partial charge in [0.05, 0.1) is 11.9 Å². The second-order valence-corrected chi connectivity index (χ2v) is 1.92. The summed E-state index contributed by atoms with van der Waals surface area (Å²) in [4.78, 5) is 3.41. The van der Waals surface area contributed by atoms with Crippen LogP contribution in [-0.2, 0) is 0 Å². The highest BCUT2D eigenvalue weighted by atomic mass is 19.1. The molecule has 1 aromatic heterocycles. The summed E-state index contributed by atoms with van der Waals surface area (Å²) in [7, 11) is 0. The van der Waals surface area contributed by atoms with Gasteiger partial charge in [0.15, 0.2) is 11.6 Å². The SMILES string of the molecule is Cc1ncc(F)c(N)c1F. The third kappa shape index (κ3) is 0.920. The molecule has 10 heavy (non-hydrogen) atoms. The van der Waals surface area contributed by atoms with Gasteiger partial charge in [-0.05, 0) is 6.92 Å². The van der Waals surface area contributed by atoms with Gasteiger partial charge in [0.2, 0.25) is 0 Å². The highest BCUT2D eigenvalue weighted by Crippen LogP contribution is 2.14. The molecular formula is C6H6F2N2. The van der Waals surface area contributed by atoms with E-state index in [1.54, 1.807) is 0 Å². The zero-order valence-electron chi connectivity index (χ0n) is 5.36. The molecule has 0 amide bonds. The summed E-state index contributed by atoms with van der Waals surface area (Å²) in [6.07, 6.45) is 0.897. The molecule has 0 aliphatic rings. The number of anilines is 1. The largest absolute Gasteiger partial charge is 0.394 e. The lowest BCUT2D eigenvalue weighted by Crippen LogP contribution is -1.99. The molecule has 0 unspecified atom stereocenters. The second-order valence-electron chi connectivity index (χ2n) is 1.92. The van der Waals surface area contributed by atoms with Gasteiger partial charge in [0, 0.05) is 0 Å². The Hall–Kier alpha value is -1.19. The number of rotatable bonds is 0. The topological polar surface area (TPSA) is 38.9 Å². The summed E-state index contributed by atoms with van der Waals surface area (Å²) in [6, 6.07) is 0. The summed E-state index contributed by atoms with van der Waals surface area (Å²) in [5, 5.41) is 0. The summed E-state index contributed by atoms with van der Waals surface area (Å²) >= 11 is 0. The maximum absolute atomic E-state index is 12.6. The van der Waals surface area contributed by atoms with Crippen molar-refractivity contribution in [2.24, 2.45) is 0 Å². The highest BCUT2D eigenvalue weighted by Gasteiger charge is 2.07. The van der Waals surface area contributed by atoms with Crippen molar-refractivity contribution in [1.82, 2.24) is 4.98 Å². The predicted octanol–water partition coefficient (Wildman–Crippen LogP) is 1.25. The monoisotopic (exact) mass is 144 g/mol. The van der Waals surface area contributed by atoms with E-state index in [2.05, 4.69) is 4.98 Å². The third-order valence-electron chi connectivity index (χ3n) is 1.18. The molecule has 2 N–H and O–H groups in total. The molecule has 4 heteroatoms. The van der Waals surface area contributed by atoms with Crippen molar-refractivity contribution in [3.05, 3.63) is 23.5 Å². The third-order valence-corrected chi connectivity index (χ3v) is 1.18. The molecule has 0 bridgehead atoms. The van der Waals surface area contributed by atoms with E-state index in [4.69, 9.17) is 5.73 Å². The first-order chi connectivity index (χ1) is 4.63. The number of aromatic nitrogens is 1. The van der Waals surface area contributed by atoms with E-state index in [-0.39, 0.29) is 5.69 Å². The molecule has 0 aliphatic heterocycles. The second kappa shape index (κ2) is 2.21. The number of nitrogens with two attached hydrogens (primary N) is 1. The zero-order valence-corrected chi connectivity index (χ0v) is 5.36. The first-order valence-electron chi connectivity index (χ1n) is 2.69. The van der Waals surface area contributed by atoms with Gasteiger partial charge in [-0.1, -0.05) is 0 Å². The van der Waals surface area contributed by atoms with Crippen molar-refractivity contribution in [1.29, 1.82) is 0 Å². The lowest BCUT2D eigenvalue weighted by atomic mass is 10.3. The van der Waals surface area contributed by atoms with E-state index < -0.39 is 17.3 Å². The summed E-state index contributed by atoms with van der Waals surface area (Å²) in [5.41, 5.74) is 4.64. The van der Waals surface area contributed by atoms with Crippen molar-refractivity contribution in [3.8, 4) is 0 Å². The molecule has 1 rings (SSSR count). The van der Waals surface area contributed by atoms with Crippen LogP contribution < -0.4 is 5.73 Å². The number of halogens is 2. The fourth-order valence-corrected chi connectivity index (χ4v) is 0.579. The van der Waals surface area contributed by atoms with Gasteiger partial charge in [-0.2, -0.15) is 0 Å². The summed E-state index contributed by atoms with van der Waals surface area (Å²) in [6.45, 7) is 1.42. The molecule has 54 valence electrons. The molecule has 1 aromatic rings. The van der Waals surface area contributed by atoms with Crippen LogP contribution in [0, 0.1) is 18.6 Å². The Morgan fingerprint density at radius 1 is 1.50 bits per heavy atom. The molecule has 0 aliphatic carbocycles. The Bertz CT molecular complexity index is 233. The minimum absolute atomic E-state index is 0.110. The maximum atomic E-state index is 12.6. The van der Waals surface area contributed by atoms with E-state index in [1.165, 1.54) is 6.92 Å². The highest BCUT2D eigenvalue weighted by molar-refractivity contribution is 5.40. The number of aryl methyl sites for hydroxylation is 1. The Morgan fingerprint density at radius 2 is 2.10 bits per heavy atom. The number of pyridine rings is 1. The van der Waals surface area contributed by atoms with Gasteiger partial charge in [-0.25, -0.2) is 8.78 Å². The normalized spacial score (nSPS) is 9.90. The van der Waals surface area contributed by atoms with Crippen LogP contribution in [0.25, 0.3) is 0 Å². The van der Waals surface area contributed by atoms with Crippen LogP contribution in [-0.4, -0.2) is 4.98 Å². The van der Waals surface area contributed by atoms with E-state index in [0.29, 0.717) is 0 Å². The van der Waals surface area contributed by atoms with E-state index in [1.807, 2.05) is 0 Å². The number of nitrogens with zero attached hydrogens (tertiary/aromatic N) is 1. The molecule has 0 atom stereocenters. The average molecular weight is 144 g/mol. The van der Waals surface area contributed by atoms with Crippen molar-refractivity contribution in [3.63, 3.8) is 0 Å². The van der Waals surface area contributed by atoms with Crippen LogP contribution >= 0.6 is 0 Å². The van der Waals surface area contributed by atoms with Crippen molar-refractivity contribution in [2.75, 3.05) is 5.73 Å². The van der Waals surface area contributed by atoms with Gasteiger partial charge in [0.1, 0.15) is 5.69 Å². The average Bonchev–Trinajstić information content (AvgIpc) is 1.93. The summed E-state index contributed by atoms with van der Waals surface area (Å²) in [5.74, 6) is -1.59. The van der Waals surface area contributed by atoms with Crippen molar-refractivity contribution >= 4 is 5.69 Å². The lowest BCUT2D eigenvalue weighted by Gasteiger charge is -1.98.